The fourth-order valence-corrected chi connectivity index (χ4v) is 3.14. The van der Waals surface area contributed by atoms with Crippen LogP contribution in [0.2, 0.25) is 0 Å². The SMILES string of the molecule is C[C@@H]1CCCCN1c1ncccc1C(=O)N1CCOCC1. The lowest BCUT2D eigenvalue weighted by Crippen LogP contribution is -2.43. The van der Waals surface area contributed by atoms with Crippen LogP contribution >= 0.6 is 0 Å². The van der Waals surface area contributed by atoms with Crippen LogP contribution in [0.15, 0.2) is 18.3 Å². The Morgan fingerprint density at radius 2 is 2.10 bits per heavy atom. The molecule has 2 aliphatic rings. The van der Waals surface area contributed by atoms with Crippen molar-refractivity contribution in [2.45, 2.75) is 32.2 Å². The minimum atomic E-state index is 0.0826. The summed E-state index contributed by atoms with van der Waals surface area (Å²) in [6, 6.07) is 4.21. The minimum Gasteiger partial charge on any atom is -0.378 e. The number of carbonyl (C=O) groups excluding carboxylic acids is 1. The monoisotopic (exact) mass is 289 g/mol. The van der Waals surface area contributed by atoms with E-state index in [2.05, 4.69) is 16.8 Å². The number of nitrogens with zero attached hydrogens (tertiary/aromatic N) is 3. The molecular weight excluding hydrogens is 266 g/mol. The van der Waals surface area contributed by atoms with E-state index in [1.165, 1.54) is 19.3 Å². The quantitative estimate of drug-likeness (QED) is 0.834. The van der Waals surface area contributed by atoms with Crippen LogP contribution < -0.4 is 4.90 Å². The van der Waals surface area contributed by atoms with Crippen LogP contribution in [0.4, 0.5) is 5.82 Å². The Labute approximate surface area is 125 Å². The van der Waals surface area contributed by atoms with Crippen molar-refractivity contribution in [1.29, 1.82) is 0 Å². The molecule has 0 bridgehead atoms. The van der Waals surface area contributed by atoms with Gasteiger partial charge in [0, 0.05) is 31.9 Å². The average molecular weight is 289 g/mol. The molecule has 0 radical (unpaired) electrons. The van der Waals surface area contributed by atoms with E-state index < -0.39 is 0 Å². The molecule has 1 aromatic rings. The maximum Gasteiger partial charge on any atom is 0.257 e. The molecule has 21 heavy (non-hydrogen) atoms. The smallest absolute Gasteiger partial charge is 0.257 e. The zero-order valence-electron chi connectivity index (χ0n) is 12.6. The predicted molar refractivity (Wildman–Crippen MR) is 81.6 cm³/mol. The molecule has 0 aliphatic carbocycles. The number of carbonyl (C=O) groups is 1. The molecule has 1 amide bonds. The van der Waals surface area contributed by atoms with Gasteiger partial charge >= 0.3 is 0 Å². The molecule has 1 aromatic heterocycles. The second-order valence-corrected chi connectivity index (χ2v) is 5.82. The maximum absolute atomic E-state index is 12.8. The Hall–Kier alpha value is -1.62. The third-order valence-corrected chi connectivity index (χ3v) is 4.39. The van der Waals surface area contributed by atoms with Gasteiger partial charge in [-0.15, -0.1) is 0 Å². The number of piperidine rings is 1. The molecule has 0 saturated carbocycles. The van der Waals surface area contributed by atoms with Crippen molar-refractivity contribution in [3.63, 3.8) is 0 Å². The number of pyridine rings is 1. The number of hydrogen-bond donors (Lipinski definition) is 0. The van der Waals surface area contributed by atoms with Crippen molar-refractivity contribution < 1.29 is 9.53 Å². The Morgan fingerprint density at radius 3 is 2.86 bits per heavy atom. The van der Waals surface area contributed by atoms with Gasteiger partial charge in [-0.3, -0.25) is 4.79 Å². The Bertz CT molecular complexity index is 500. The molecule has 3 heterocycles. The summed E-state index contributed by atoms with van der Waals surface area (Å²) in [6.45, 7) is 5.80. The van der Waals surface area contributed by atoms with Gasteiger partial charge in [0.1, 0.15) is 5.82 Å². The molecule has 5 heteroatoms. The molecule has 2 aliphatic heterocycles. The van der Waals surface area contributed by atoms with E-state index in [0.29, 0.717) is 32.3 Å². The van der Waals surface area contributed by atoms with Gasteiger partial charge in [0.2, 0.25) is 0 Å². The summed E-state index contributed by atoms with van der Waals surface area (Å²) in [5.41, 5.74) is 0.730. The fourth-order valence-electron chi connectivity index (χ4n) is 3.14. The van der Waals surface area contributed by atoms with Crippen molar-refractivity contribution in [3.8, 4) is 0 Å². The summed E-state index contributed by atoms with van der Waals surface area (Å²) in [5.74, 6) is 0.931. The van der Waals surface area contributed by atoms with Crippen molar-refractivity contribution in [1.82, 2.24) is 9.88 Å². The van der Waals surface area contributed by atoms with Gasteiger partial charge in [0.05, 0.1) is 18.8 Å². The highest BCUT2D eigenvalue weighted by atomic mass is 16.5. The Kier molecular flexibility index (Phi) is 4.39. The topological polar surface area (TPSA) is 45.7 Å². The molecule has 5 nitrogen and oxygen atoms in total. The lowest BCUT2D eigenvalue weighted by Gasteiger charge is -2.36. The van der Waals surface area contributed by atoms with Crippen LogP contribution in [-0.2, 0) is 4.74 Å². The highest BCUT2D eigenvalue weighted by molar-refractivity contribution is 5.99. The van der Waals surface area contributed by atoms with E-state index in [9.17, 15) is 4.79 Å². The van der Waals surface area contributed by atoms with Gasteiger partial charge in [-0.25, -0.2) is 4.98 Å². The number of amides is 1. The molecule has 0 aromatic carbocycles. The summed E-state index contributed by atoms with van der Waals surface area (Å²) >= 11 is 0. The zero-order valence-corrected chi connectivity index (χ0v) is 12.6. The summed E-state index contributed by atoms with van der Waals surface area (Å²) in [7, 11) is 0. The van der Waals surface area contributed by atoms with Crippen LogP contribution in [0, 0.1) is 0 Å². The van der Waals surface area contributed by atoms with Gasteiger partial charge in [-0.2, -0.15) is 0 Å². The molecule has 2 fully saturated rings. The molecule has 2 saturated heterocycles. The molecule has 0 spiro atoms. The highest BCUT2D eigenvalue weighted by Gasteiger charge is 2.27. The van der Waals surface area contributed by atoms with Crippen LogP contribution in [0.25, 0.3) is 0 Å². The largest absolute Gasteiger partial charge is 0.378 e. The molecule has 0 unspecified atom stereocenters. The van der Waals surface area contributed by atoms with Crippen molar-refractivity contribution in [2.24, 2.45) is 0 Å². The molecule has 114 valence electrons. The van der Waals surface area contributed by atoms with Gasteiger partial charge < -0.3 is 14.5 Å². The van der Waals surface area contributed by atoms with Gasteiger partial charge in [0.25, 0.3) is 5.91 Å². The third-order valence-electron chi connectivity index (χ3n) is 4.39. The minimum absolute atomic E-state index is 0.0826. The third kappa shape index (κ3) is 3.02. The number of anilines is 1. The van der Waals surface area contributed by atoms with Crippen LogP contribution in [0.5, 0.6) is 0 Å². The lowest BCUT2D eigenvalue weighted by molar-refractivity contribution is 0.0303. The summed E-state index contributed by atoms with van der Waals surface area (Å²) in [4.78, 5) is 21.5. The van der Waals surface area contributed by atoms with E-state index in [-0.39, 0.29) is 5.91 Å². The van der Waals surface area contributed by atoms with E-state index in [0.717, 1.165) is 17.9 Å². The number of rotatable bonds is 2. The van der Waals surface area contributed by atoms with Crippen molar-refractivity contribution in [2.75, 3.05) is 37.7 Å². The lowest BCUT2D eigenvalue weighted by atomic mass is 10.0. The first-order valence-electron chi connectivity index (χ1n) is 7.86. The van der Waals surface area contributed by atoms with Gasteiger partial charge in [-0.1, -0.05) is 0 Å². The number of morpholine rings is 1. The summed E-state index contributed by atoms with van der Waals surface area (Å²) in [6.07, 6.45) is 5.39. The maximum atomic E-state index is 12.8. The fraction of sp³-hybridized carbons (Fsp3) is 0.625. The van der Waals surface area contributed by atoms with Gasteiger partial charge in [-0.05, 0) is 38.3 Å². The summed E-state index contributed by atoms with van der Waals surface area (Å²) in [5, 5.41) is 0. The highest BCUT2D eigenvalue weighted by Crippen LogP contribution is 2.26. The van der Waals surface area contributed by atoms with E-state index in [4.69, 9.17) is 4.74 Å². The molecule has 1 atom stereocenters. The van der Waals surface area contributed by atoms with Crippen LogP contribution in [-0.4, -0.2) is 54.7 Å². The van der Waals surface area contributed by atoms with Gasteiger partial charge in [0.15, 0.2) is 0 Å². The van der Waals surface area contributed by atoms with E-state index in [1.807, 2.05) is 17.0 Å². The first kappa shape index (κ1) is 14.3. The first-order chi connectivity index (χ1) is 10.3. The second-order valence-electron chi connectivity index (χ2n) is 5.82. The van der Waals surface area contributed by atoms with E-state index >= 15 is 0 Å². The van der Waals surface area contributed by atoms with Crippen molar-refractivity contribution >= 4 is 11.7 Å². The summed E-state index contributed by atoms with van der Waals surface area (Å²) < 4.78 is 5.33. The first-order valence-corrected chi connectivity index (χ1v) is 7.86. The van der Waals surface area contributed by atoms with Crippen LogP contribution in [0.3, 0.4) is 0 Å². The van der Waals surface area contributed by atoms with Crippen LogP contribution in [0.1, 0.15) is 36.5 Å². The molecular formula is C16H23N3O2. The van der Waals surface area contributed by atoms with Crippen molar-refractivity contribution in [3.05, 3.63) is 23.9 Å². The number of ether oxygens (including phenoxy) is 1. The molecule has 3 rings (SSSR count). The number of aromatic nitrogens is 1. The Balaban J connectivity index is 1.86. The Morgan fingerprint density at radius 1 is 1.29 bits per heavy atom. The standard InChI is InChI=1S/C16H23N3O2/c1-13-5-2-3-8-19(13)15-14(6-4-7-17-15)16(20)18-9-11-21-12-10-18/h4,6-7,13H,2-3,5,8-12H2,1H3/t13-/m1/s1. The molecule has 0 N–H and O–H groups in total. The zero-order chi connectivity index (χ0) is 14.7. The number of hydrogen-bond acceptors (Lipinski definition) is 4. The van der Waals surface area contributed by atoms with E-state index in [1.54, 1.807) is 6.20 Å². The second kappa shape index (κ2) is 6.43. The predicted octanol–water partition coefficient (Wildman–Crippen LogP) is 1.93. The average Bonchev–Trinajstić information content (AvgIpc) is 2.55. The normalized spacial score (nSPS) is 23.2.